The molecule has 0 amide bonds. The van der Waals surface area contributed by atoms with E-state index in [1.54, 1.807) is 0 Å². The van der Waals surface area contributed by atoms with E-state index in [9.17, 15) is 8.78 Å². The molecule has 1 heterocycles. The molecule has 1 saturated heterocycles. The zero-order valence-corrected chi connectivity index (χ0v) is 9.30. The molecule has 0 N–H and O–H groups in total. The van der Waals surface area contributed by atoms with Crippen LogP contribution in [0.5, 0.6) is 0 Å². The number of aryl methyl sites for hydroxylation is 1. The van der Waals surface area contributed by atoms with Gasteiger partial charge in [0.1, 0.15) is 11.6 Å². The van der Waals surface area contributed by atoms with Crippen molar-refractivity contribution in [1.29, 1.82) is 0 Å². The second-order valence-electron chi connectivity index (χ2n) is 3.85. The Morgan fingerprint density at radius 3 is 2.50 bits per heavy atom. The van der Waals surface area contributed by atoms with Gasteiger partial charge < -0.3 is 9.64 Å². The number of anilines is 1. The van der Waals surface area contributed by atoms with Gasteiger partial charge in [0.15, 0.2) is 0 Å². The van der Waals surface area contributed by atoms with Crippen LogP contribution in [0.3, 0.4) is 0 Å². The van der Waals surface area contributed by atoms with E-state index < -0.39 is 0 Å². The van der Waals surface area contributed by atoms with Gasteiger partial charge in [-0.2, -0.15) is 0 Å². The number of hydrogen-bond acceptors (Lipinski definition) is 2. The fraction of sp³-hybridized carbons (Fsp3) is 0.500. The minimum Gasteiger partial charge on any atom is -0.378 e. The molecular weight excluding hydrogens is 212 g/mol. The molecule has 0 aliphatic carbocycles. The molecule has 0 atom stereocenters. The summed E-state index contributed by atoms with van der Waals surface area (Å²) in [4.78, 5) is 1.82. The first-order chi connectivity index (χ1) is 7.72. The molecule has 88 valence electrons. The van der Waals surface area contributed by atoms with Crippen molar-refractivity contribution in [3.05, 3.63) is 29.3 Å². The normalized spacial score (nSPS) is 16.6. The maximum atomic E-state index is 13.8. The number of rotatable bonds is 2. The molecule has 16 heavy (non-hydrogen) atoms. The highest BCUT2D eigenvalue weighted by Crippen LogP contribution is 2.24. The van der Waals surface area contributed by atoms with Crippen molar-refractivity contribution < 1.29 is 13.5 Å². The first-order valence-electron chi connectivity index (χ1n) is 5.53. The van der Waals surface area contributed by atoms with Gasteiger partial charge in [0.2, 0.25) is 0 Å². The van der Waals surface area contributed by atoms with Crippen molar-refractivity contribution in [2.75, 3.05) is 31.2 Å². The van der Waals surface area contributed by atoms with Crippen LogP contribution >= 0.6 is 0 Å². The van der Waals surface area contributed by atoms with Crippen LogP contribution in [0.2, 0.25) is 0 Å². The van der Waals surface area contributed by atoms with E-state index in [1.807, 2.05) is 11.8 Å². The van der Waals surface area contributed by atoms with E-state index in [0.717, 1.165) is 0 Å². The fourth-order valence-electron chi connectivity index (χ4n) is 1.90. The Kier molecular flexibility index (Phi) is 3.39. The van der Waals surface area contributed by atoms with Crippen LogP contribution in [-0.2, 0) is 11.2 Å². The van der Waals surface area contributed by atoms with E-state index in [1.165, 1.54) is 12.1 Å². The van der Waals surface area contributed by atoms with Crippen molar-refractivity contribution >= 4 is 5.69 Å². The Balaban J connectivity index is 2.29. The quantitative estimate of drug-likeness (QED) is 0.769. The first-order valence-corrected chi connectivity index (χ1v) is 5.53. The van der Waals surface area contributed by atoms with Gasteiger partial charge in [-0.15, -0.1) is 0 Å². The van der Waals surface area contributed by atoms with Gasteiger partial charge in [0.25, 0.3) is 0 Å². The second-order valence-corrected chi connectivity index (χ2v) is 3.85. The molecule has 0 unspecified atom stereocenters. The van der Waals surface area contributed by atoms with E-state index in [2.05, 4.69) is 0 Å². The minimum absolute atomic E-state index is 0.328. The Hall–Kier alpha value is -1.16. The lowest BCUT2D eigenvalue weighted by molar-refractivity contribution is 0.122. The maximum absolute atomic E-state index is 13.8. The van der Waals surface area contributed by atoms with E-state index in [-0.39, 0.29) is 11.6 Å². The zero-order chi connectivity index (χ0) is 11.5. The predicted molar refractivity (Wildman–Crippen MR) is 58.8 cm³/mol. The molecule has 4 heteroatoms. The Morgan fingerprint density at radius 2 is 1.88 bits per heavy atom. The number of halogens is 2. The number of ether oxygens (including phenoxy) is 1. The molecule has 1 aromatic carbocycles. The van der Waals surface area contributed by atoms with E-state index in [4.69, 9.17) is 4.74 Å². The molecule has 2 nitrogen and oxygen atoms in total. The molecule has 0 aromatic heterocycles. The lowest BCUT2D eigenvalue weighted by atomic mass is 10.1. The van der Waals surface area contributed by atoms with Crippen LogP contribution < -0.4 is 4.90 Å². The van der Waals surface area contributed by atoms with Crippen LogP contribution in [0.1, 0.15) is 12.5 Å². The summed E-state index contributed by atoms with van der Waals surface area (Å²) < 4.78 is 32.5. The summed E-state index contributed by atoms with van der Waals surface area (Å²) in [6.07, 6.45) is 0.506. The van der Waals surface area contributed by atoms with Crippen molar-refractivity contribution in [3.63, 3.8) is 0 Å². The lowest BCUT2D eigenvalue weighted by Crippen LogP contribution is -2.36. The van der Waals surface area contributed by atoms with Gasteiger partial charge in [-0.25, -0.2) is 8.78 Å². The smallest absolute Gasteiger partial charge is 0.146 e. The molecule has 1 aromatic rings. The Morgan fingerprint density at radius 1 is 1.19 bits per heavy atom. The summed E-state index contributed by atoms with van der Waals surface area (Å²) in [5, 5.41) is 0. The fourth-order valence-corrected chi connectivity index (χ4v) is 1.90. The highest BCUT2D eigenvalue weighted by Gasteiger charge is 2.17. The van der Waals surface area contributed by atoms with Gasteiger partial charge >= 0.3 is 0 Å². The molecule has 0 bridgehead atoms. The van der Waals surface area contributed by atoms with Crippen LogP contribution in [0.25, 0.3) is 0 Å². The summed E-state index contributed by atoms with van der Waals surface area (Å²) in [6.45, 7) is 4.17. The standard InChI is InChI=1S/C12H15F2NO/c1-2-9-7-11(14)12(8-10(9)13)15-3-5-16-6-4-15/h7-8H,2-6H2,1H3. The third-order valence-electron chi connectivity index (χ3n) is 2.85. The summed E-state index contributed by atoms with van der Waals surface area (Å²) in [5.41, 5.74) is 0.771. The predicted octanol–water partition coefficient (Wildman–Crippen LogP) is 2.36. The second kappa shape index (κ2) is 4.78. The Labute approximate surface area is 93.8 Å². The largest absolute Gasteiger partial charge is 0.378 e. The third-order valence-corrected chi connectivity index (χ3v) is 2.85. The Bertz CT molecular complexity index is 376. The van der Waals surface area contributed by atoms with Gasteiger partial charge in [0.05, 0.1) is 18.9 Å². The van der Waals surface area contributed by atoms with Crippen LogP contribution in [0, 0.1) is 11.6 Å². The highest BCUT2D eigenvalue weighted by atomic mass is 19.1. The molecule has 2 rings (SSSR count). The minimum atomic E-state index is -0.347. The van der Waals surface area contributed by atoms with Crippen LogP contribution in [0.4, 0.5) is 14.5 Å². The highest BCUT2D eigenvalue weighted by molar-refractivity contribution is 5.50. The van der Waals surface area contributed by atoms with Crippen LogP contribution in [-0.4, -0.2) is 26.3 Å². The van der Waals surface area contributed by atoms with Gasteiger partial charge in [-0.1, -0.05) is 6.92 Å². The SMILES string of the molecule is CCc1cc(F)c(N2CCOCC2)cc1F. The van der Waals surface area contributed by atoms with Crippen molar-refractivity contribution in [2.45, 2.75) is 13.3 Å². The average molecular weight is 227 g/mol. The summed E-state index contributed by atoms with van der Waals surface area (Å²) in [5.74, 6) is -0.675. The van der Waals surface area contributed by atoms with Crippen molar-refractivity contribution in [2.24, 2.45) is 0 Å². The number of nitrogens with zero attached hydrogens (tertiary/aromatic N) is 1. The van der Waals surface area contributed by atoms with Gasteiger partial charge in [-0.3, -0.25) is 0 Å². The molecule has 1 aliphatic rings. The summed E-state index contributed by atoms with van der Waals surface area (Å²) >= 11 is 0. The van der Waals surface area contributed by atoms with Crippen molar-refractivity contribution in [1.82, 2.24) is 0 Å². The summed E-state index contributed by atoms with van der Waals surface area (Å²) in [7, 11) is 0. The number of morpholine rings is 1. The van der Waals surface area contributed by atoms with Crippen LogP contribution in [0.15, 0.2) is 12.1 Å². The maximum Gasteiger partial charge on any atom is 0.146 e. The monoisotopic (exact) mass is 227 g/mol. The summed E-state index contributed by atoms with van der Waals surface area (Å²) in [6, 6.07) is 2.58. The lowest BCUT2D eigenvalue weighted by Gasteiger charge is -2.29. The van der Waals surface area contributed by atoms with Gasteiger partial charge in [-0.05, 0) is 18.1 Å². The van der Waals surface area contributed by atoms with E-state index in [0.29, 0.717) is 44.0 Å². The molecular formula is C12H15F2NO. The van der Waals surface area contributed by atoms with Gasteiger partial charge in [0, 0.05) is 19.2 Å². The average Bonchev–Trinajstić information content (AvgIpc) is 2.32. The topological polar surface area (TPSA) is 12.5 Å². The first kappa shape index (κ1) is 11.3. The molecule has 1 fully saturated rings. The van der Waals surface area contributed by atoms with E-state index >= 15 is 0 Å². The van der Waals surface area contributed by atoms with Crippen molar-refractivity contribution in [3.8, 4) is 0 Å². The molecule has 0 radical (unpaired) electrons. The number of benzene rings is 1. The molecule has 1 aliphatic heterocycles. The molecule has 0 saturated carbocycles. The number of hydrogen-bond donors (Lipinski definition) is 0. The molecule has 0 spiro atoms. The third kappa shape index (κ3) is 2.16. The zero-order valence-electron chi connectivity index (χ0n) is 9.30.